The van der Waals surface area contributed by atoms with Gasteiger partial charge in [0.1, 0.15) is 5.75 Å². The highest BCUT2D eigenvalue weighted by molar-refractivity contribution is 6.32. The molecule has 0 heterocycles. The van der Waals surface area contributed by atoms with Gasteiger partial charge in [-0.3, -0.25) is 14.4 Å². The Morgan fingerprint density at radius 1 is 1.19 bits per heavy atom. The van der Waals surface area contributed by atoms with Crippen LogP contribution in [0.2, 0.25) is 5.02 Å². The van der Waals surface area contributed by atoms with Crippen LogP contribution >= 0.6 is 11.6 Å². The molecule has 3 N–H and O–H groups in total. The SMILES string of the molecule is COc1cc(CC(CC(=O)O)(C(=O)O)C(=O)O)ccc1Cl. The van der Waals surface area contributed by atoms with Crippen molar-refractivity contribution in [1.82, 2.24) is 0 Å². The first kappa shape index (κ1) is 16.8. The molecule has 0 saturated carbocycles. The number of benzene rings is 1. The van der Waals surface area contributed by atoms with E-state index in [9.17, 15) is 24.6 Å². The van der Waals surface area contributed by atoms with Crippen molar-refractivity contribution in [3.8, 4) is 5.75 Å². The molecule has 1 rings (SSSR count). The van der Waals surface area contributed by atoms with Crippen LogP contribution in [-0.4, -0.2) is 40.3 Å². The van der Waals surface area contributed by atoms with E-state index < -0.39 is 36.2 Å². The lowest BCUT2D eigenvalue weighted by atomic mass is 9.78. The zero-order valence-electron chi connectivity index (χ0n) is 11.0. The Hall–Kier alpha value is -2.28. The fraction of sp³-hybridized carbons (Fsp3) is 0.308. The first-order chi connectivity index (χ1) is 9.72. The molecular formula is C13H13ClO7. The number of carbonyl (C=O) groups is 3. The lowest BCUT2D eigenvalue weighted by Gasteiger charge is -2.23. The Morgan fingerprint density at radius 2 is 1.76 bits per heavy atom. The van der Waals surface area contributed by atoms with Crippen molar-refractivity contribution in [1.29, 1.82) is 0 Å². The van der Waals surface area contributed by atoms with Crippen LogP contribution in [0, 0.1) is 5.41 Å². The third-order valence-corrected chi connectivity index (χ3v) is 3.31. The molecule has 0 bridgehead atoms. The molecule has 0 aliphatic rings. The predicted octanol–water partition coefficient (Wildman–Crippen LogP) is 1.52. The van der Waals surface area contributed by atoms with Gasteiger partial charge in [0.2, 0.25) is 0 Å². The normalized spacial score (nSPS) is 11.0. The van der Waals surface area contributed by atoms with Crippen molar-refractivity contribution >= 4 is 29.5 Å². The molecule has 0 atom stereocenters. The number of halogens is 1. The molecule has 0 unspecified atom stereocenters. The molecule has 0 aromatic heterocycles. The van der Waals surface area contributed by atoms with E-state index in [1.165, 1.54) is 25.3 Å². The van der Waals surface area contributed by atoms with Gasteiger partial charge in [0.25, 0.3) is 0 Å². The Morgan fingerprint density at radius 3 is 2.19 bits per heavy atom. The number of hydrogen-bond acceptors (Lipinski definition) is 4. The molecule has 0 amide bonds. The number of carboxylic acids is 3. The summed E-state index contributed by atoms with van der Waals surface area (Å²) in [4.78, 5) is 33.5. The van der Waals surface area contributed by atoms with Gasteiger partial charge in [-0.2, -0.15) is 0 Å². The summed E-state index contributed by atoms with van der Waals surface area (Å²) in [7, 11) is 1.35. The fourth-order valence-corrected chi connectivity index (χ4v) is 2.07. The highest BCUT2D eigenvalue weighted by Crippen LogP contribution is 2.32. The van der Waals surface area contributed by atoms with Gasteiger partial charge in [-0.05, 0) is 24.1 Å². The van der Waals surface area contributed by atoms with Gasteiger partial charge in [-0.1, -0.05) is 17.7 Å². The van der Waals surface area contributed by atoms with Crippen LogP contribution in [0.25, 0.3) is 0 Å². The maximum Gasteiger partial charge on any atom is 0.322 e. The number of ether oxygens (including phenoxy) is 1. The zero-order chi connectivity index (χ0) is 16.2. The number of rotatable bonds is 7. The average Bonchev–Trinajstić information content (AvgIpc) is 2.38. The van der Waals surface area contributed by atoms with E-state index in [4.69, 9.17) is 21.4 Å². The maximum atomic E-state index is 11.3. The Labute approximate surface area is 124 Å². The number of methoxy groups -OCH3 is 1. The van der Waals surface area contributed by atoms with Crippen LogP contribution in [0.3, 0.4) is 0 Å². The van der Waals surface area contributed by atoms with Crippen molar-refractivity contribution in [2.45, 2.75) is 12.8 Å². The molecule has 1 aromatic rings. The summed E-state index contributed by atoms with van der Waals surface area (Å²) in [6.45, 7) is 0. The van der Waals surface area contributed by atoms with Gasteiger partial charge in [0, 0.05) is 0 Å². The van der Waals surface area contributed by atoms with E-state index in [-0.39, 0.29) is 10.8 Å². The first-order valence-corrected chi connectivity index (χ1v) is 6.11. The molecule has 1 aromatic carbocycles. The highest BCUT2D eigenvalue weighted by Gasteiger charge is 2.48. The van der Waals surface area contributed by atoms with Crippen LogP contribution in [0.5, 0.6) is 5.75 Å². The molecule has 0 spiro atoms. The second-order valence-corrected chi connectivity index (χ2v) is 4.82. The lowest BCUT2D eigenvalue weighted by molar-refractivity contribution is -0.169. The van der Waals surface area contributed by atoms with E-state index in [1.807, 2.05) is 0 Å². The Kier molecular flexibility index (Phi) is 5.15. The van der Waals surface area contributed by atoms with Crippen LogP contribution in [-0.2, 0) is 20.8 Å². The van der Waals surface area contributed by atoms with E-state index in [1.54, 1.807) is 0 Å². The summed E-state index contributed by atoms with van der Waals surface area (Å²) < 4.78 is 4.96. The van der Waals surface area contributed by atoms with Gasteiger partial charge in [0.15, 0.2) is 5.41 Å². The van der Waals surface area contributed by atoms with E-state index in [0.29, 0.717) is 5.56 Å². The van der Waals surface area contributed by atoms with E-state index >= 15 is 0 Å². The smallest absolute Gasteiger partial charge is 0.322 e. The zero-order valence-corrected chi connectivity index (χ0v) is 11.8. The molecule has 7 nitrogen and oxygen atoms in total. The second-order valence-electron chi connectivity index (χ2n) is 4.41. The van der Waals surface area contributed by atoms with Crippen LogP contribution in [0.4, 0.5) is 0 Å². The summed E-state index contributed by atoms with van der Waals surface area (Å²) in [5, 5.41) is 27.4. The molecule has 21 heavy (non-hydrogen) atoms. The molecule has 0 fully saturated rings. The molecular weight excluding hydrogens is 304 g/mol. The molecule has 8 heteroatoms. The van der Waals surface area contributed by atoms with Crippen LogP contribution in [0.1, 0.15) is 12.0 Å². The minimum atomic E-state index is -2.45. The molecule has 0 aliphatic heterocycles. The fourth-order valence-electron chi connectivity index (χ4n) is 1.88. The van der Waals surface area contributed by atoms with Crippen molar-refractivity contribution in [3.05, 3.63) is 28.8 Å². The van der Waals surface area contributed by atoms with E-state index in [0.717, 1.165) is 0 Å². The minimum absolute atomic E-state index is 0.245. The van der Waals surface area contributed by atoms with Gasteiger partial charge < -0.3 is 20.1 Å². The summed E-state index contributed by atoms with van der Waals surface area (Å²) in [6.07, 6.45) is -1.54. The average molecular weight is 317 g/mol. The van der Waals surface area contributed by atoms with Crippen molar-refractivity contribution in [3.63, 3.8) is 0 Å². The van der Waals surface area contributed by atoms with Crippen molar-refractivity contribution < 1.29 is 34.4 Å². The Bertz CT molecular complexity index is 568. The second kappa shape index (κ2) is 6.45. The monoisotopic (exact) mass is 316 g/mol. The van der Waals surface area contributed by atoms with Crippen molar-refractivity contribution in [2.24, 2.45) is 5.41 Å². The third kappa shape index (κ3) is 3.63. The van der Waals surface area contributed by atoms with Gasteiger partial charge in [-0.25, -0.2) is 0 Å². The van der Waals surface area contributed by atoms with Crippen LogP contribution in [0.15, 0.2) is 18.2 Å². The van der Waals surface area contributed by atoms with Crippen molar-refractivity contribution in [2.75, 3.05) is 7.11 Å². The number of hydrogen-bond donors (Lipinski definition) is 3. The highest BCUT2D eigenvalue weighted by atomic mass is 35.5. The lowest BCUT2D eigenvalue weighted by Crippen LogP contribution is -2.43. The van der Waals surface area contributed by atoms with E-state index in [2.05, 4.69) is 0 Å². The molecule has 0 aliphatic carbocycles. The topological polar surface area (TPSA) is 121 Å². The quantitative estimate of drug-likeness (QED) is 0.652. The van der Waals surface area contributed by atoms with Crippen LogP contribution < -0.4 is 4.74 Å². The number of aliphatic carboxylic acids is 3. The maximum absolute atomic E-state index is 11.3. The summed E-state index contributed by atoms with van der Waals surface area (Å²) in [6, 6.07) is 4.23. The molecule has 114 valence electrons. The first-order valence-electron chi connectivity index (χ1n) is 5.74. The van der Waals surface area contributed by atoms with Gasteiger partial charge in [-0.15, -0.1) is 0 Å². The third-order valence-electron chi connectivity index (χ3n) is 2.99. The van der Waals surface area contributed by atoms with Gasteiger partial charge >= 0.3 is 17.9 Å². The largest absolute Gasteiger partial charge is 0.495 e. The molecule has 0 saturated heterocycles. The number of carboxylic acid groups (broad SMARTS) is 3. The summed E-state index contributed by atoms with van der Waals surface area (Å²) in [5.74, 6) is -4.70. The summed E-state index contributed by atoms with van der Waals surface area (Å²) >= 11 is 5.83. The minimum Gasteiger partial charge on any atom is -0.495 e. The molecule has 0 radical (unpaired) electrons. The standard InChI is InChI=1S/C13H13ClO7/c1-21-9-4-7(2-3-8(9)14)5-13(11(17)18,12(19)20)6-10(15)16/h2-4H,5-6H2,1H3,(H,15,16)(H,17,18)(H,19,20). The van der Waals surface area contributed by atoms with Gasteiger partial charge in [0.05, 0.1) is 18.6 Å². The predicted molar refractivity (Wildman–Crippen MR) is 71.7 cm³/mol. The summed E-state index contributed by atoms with van der Waals surface area (Å²) in [5.41, 5.74) is -2.16. The Balaban J connectivity index is 3.26.